The average molecular weight is 296 g/mol. The van der Waals surface area contributed by atoms with Gasteiger partial charge in [-0.25, -0.2) is 0 Å². The summed E-state index contributed by atoms with van der Waals surface area (Å²) in [4.78, 5) is 0. The van der Waals surface area contributed by atoms with Crippen molar-refractivity contribution in [2.45, 2.75) is 47.7 Å². The second kappa shape index (κ2) is 10.4. The van der Waals surface area contributed by atoms with E-state index in [1.165, 1.54) is 0 Å². The molecule has 5 heteroatoms. The van der Waals surface area contributed by atoms with E-state index in [-0.39, 0.29) is 21.7 Å². The van der Waals surface area contributed by atoms with E-state index in [0.717, 1.165) is 0 Å². The second-order valence-electron chi connectivity index (χ2n) is 5.64. The normalized spacial score (nSPS) is 12.3. The summed E-state index contributed by atoms with van der Waals surface area (Å²) in [6.45, 7) is 13.2. The summed E-state index contributed by atoms with van der Waals surface area (Å²) in [5, 5.41) is 10.1. The first-order valence-corrected chi connectivity index (χ1v) is 6.39. The molecule has 0 spiro atoms. The van der Waals surface area contributed by atoms with Crippen LogP contribution in [0.15, 0.2) is 0 Å². The molecule has 0 radical (unpaired) electrons. The van der Waals surface area contributed by atoms with Gasteiger partial charge in [0, 0.05) is 21.7 Å². The van der Waals surface area contributed by atoms with Crippen LogP contribution in [0, 0.1) is 17.8 Å². The molecule has 0 aliphatic rings. The van der Waals surface area contributed by atoms with Crippen LogP contribution in [0.5, 0.6) is 0 Å². The Morgan fingerprint density at radius 1 is 0.722 bits per heavy atom. The van der Waals surface area contributed by atoms with Crippen molar-refractivity contribution in [2.75, 3.05) is 19.8 Å². The topological polar surface area (TPSA) is 47.9 Å². The van der Waals surface area contributed by atoms with Crippen molar-refractivity contribution in [1.82, 2.24) is 0 Å². The van der Waals surface area contributed by atoms with E-state index in [1.54, 1.807) is 0 Å². The summed E-state index contributed by atoms with van der Waals surface area (Å²) >= 11 is 0. The quantitative estimate of drug-likeness (QED) is 0.525. The average Bonchev–Trinajstić information content (AvgIpc) is 2.21. The van der Waals surface area contributed by atoms with Crippen LogP contribution in [0.2, 0.25) is 0 Å². The van der Waals surface area contributed by atoms with Crippen molar-refractivity contribution in [3.05, 3.63) is 0 Å². The molecule has 0 amide bonds. The SMILES string of the molecule is CC(C)COC(O)(OCC(C)C)OCC(C)C.[Ti]. The maximum atomic E-state index is 10.1. The summed E-state index contributed by atoms with van der Waals surface area (Å²) in [5.41, 5.74) is 0. The monoisotopic (exact) mass is 296 g/mol. The maximum absolute atomic E-state index is 10.1. The molecule has 18 heavy (non-hydrogen) atoms. The van der Waals surface area contributed by atoms with Crippen molar-refractivity contribution < 1.29 is 41.0 Å². The van der Waals surface area contributed by atoms with E-state index < -0.39 is 6.16 Å². The molecule has 4 nitrogen and oxygen atoms in total. The first kappa shape index (κ1) is 20.9. The molecule has 0 saturated carbocycles. The van der Waals surface area contributed by atoms with Crippen LogP contribution < -0.4 is 0 Å². The molecule has 0 aromatic heterocycles. The van der Waals surface area contributed by atoms with Crippen molar-refractivity contribution in [3.63, 3.8) is 0 Å². The fraction of sp³-hybridized carbons (Fsp3) is 1.00. The molecule has 0 unspecified atom stereocenters. The first-order chi connectivity index (χ1) is 7.75. The minimum atomic E-state index is -1.90. The van der Waals surface area contributed by atoms with E-state index >= 15 is 0 Å². The van der Waals surface area contributed by atoms with Crippen molar-refractivity contribution in [2.24, 2.45) is 17.8 Å². The van der Waals surface area contributed by atoms with Crippen LogP contribution in [0.25, 0.3) is 0 Å². The van der Waals surface area contributed by atoms with Crippen LogP contribution in [0.4, 0.5) is 0 Å². The molecular formula is C13H28O4Ti. The van der Waals surface area contributed by atoms with Gasteiger partial charge in [-0.2, -0.15) is 0 Å². The Hall–Kier alpha value is 0.554. The minimum absolute atomic E-state index is 0. The predicted molar refractivity (Wildman–Crippen MR) is 67.3 cm³/mol. The van der Waals surface area contributed by atoms with Gasteiger partial charge in [-0.3, -0.25) is 0 Å². The third kappa shape index (κ3) is 11.6. The number of hydrogen-bond donors (Lipinski definition) is 1. The Kier molecular flexibility index (Phi) is 12.0. The molecule has 0 aromatic carbocycles. The molecule has 0 heterocycles. The molecule has 0 aromatic rings. The molecule has 0 aliphatic carbocycles. The third-order valence-corrected chi connectivity index (χ3v) is 1.80. The van der Waals surface area contributed by atoms with E-state index in [4.69, 9.17) is 14.2 Å². The summed E-state index contributed by atoms with van der Waals surface area (Å²) in [6.07, 6.45) is -1.90. The number of aliphatic hydroxyl groups is 1. The van der Waals surface area contributed by atoms with Crippen molar-refractivity contribution in [3.8, 4) is 0 Å². The number of ether oxygens (including phenoxy) is 3. The fourth-order valence-electron chi connectivity index (χ4n) is 0.941. The summed E-state index contributed by atoms with van der Waals surface area (Å²) in [7, 11) is 0. The Balaban J connectivity index is 0. The Labute approximate surface area is 126 Å². The molecule has 0 atom stereocenters. The van der Waals surface area contributed by atoms with Gasteiger partial charge >= 0.3 is 6.16 Å². The van der Waals surface area contributed by atoms with E-state index in [1.807, 2.05) is 41.5 Å². The van der Waals surface area contributed by atoms with Crippen molar-refractivity contribution >= 4 is 0 Å². The van der Waals surface area contributed by atoms with Gasteiger partial charge in [0.2, 0.25) is 0 Å². The molecule has 0 bridgehead atoms. The first-order valence-electron chi connectivity index (χ1n) is 6.39. The van der Waals surface area contributed by atoms with Crippen LogP contribution >= 0.6 is 0 Å². The van der Waals surface area contributed by atoms with Gasteiger partial charge < -0.3 is 19.3 Å². The zero-order chi connectivity index (χ0) is 13.5. The van der Waals surface area contributed by atoms with Gasteiger partial charge in [0.05, 0.1) is 19.8 Å². The summed E-state index contributed by atoms with van der Waals surface area (Å²) < 4.78 is 15.9. The Morgan fingerprint density at radius 3 is 1.11 bits per heavy atom. The number of hydrogen-bond acceptors (Lipinski definition) is 4. The fourth-order valence-corrected chi connectivity index (χ4v) is 0.941. The van der Waals surface area contributed by atoms with Gasteiger partial charge in [-0.15, -0.1) is 0 Å². The second-order valence-corrected chi connectivity index (χ2v) is 5.64. The van der Waals surface area contributed by atoms with Gasteiger partial charge in [0.1, 0.15) is 0 Å². The molecule has 108 valence electrons. The van der Waals surface area contributed by atoms with Gasteiger partial charge in [0.25, 0.3) is 0 Å². The molecular weight excluding hydrogens is 268 g/mol. The summed E-state index contributed by atoms with van der Waals surface area (Å²) in [6, 6.07) is 0. The van der Waals surface area contributed by atoms with Crippen LogP contribution in [-0.2, 0) is 35.9 Å². The molecule has 1 N–H and O–H groups in total. The molecule has 0 rings (SSSR count). The van der Waals surface area contributed by atoms with Crippen LogP contribution in [0.3, 0.4) is 0 Å². The maximum Gasteiger partial charge on any atom is 0.410 e. The van der Waals surface area contributed by atoms with E-state index in [0.29, 0.717) is 37.6 Å². The largest absolute Gasteiger partial charge is 0.410 e. The van der Waals surface area contributed by atoms with Gasteiger partial charge in [-0.05, 0) is 17.8 Å². The Morgan fingerprint density at radius 2 is 0.944 bits per heavy atom. The molecule has 0 saturated heterocycles. The standard InChI is InChI=1S/C13H28O4.Ti/c1-10(2)7-15-13(14,16-8-11(3)4)17-9-12(5)6;/h10-12,14H,7-9H2,1-6H3;. The zero-order valence-corrected chi connectivity index (χ0v) is 14.1. The van der Waals surface area contributed by atoms with Crippen LogP contribution in [0.1, 0.15) is 41.5 Å². The molecule has 0 fully saturated rings. The minimum Gasteiger partial charge on any atom is -0.319 e. The van der Waals surface area contributed by atoms with Crippen LogP contribution in [-0.4, -0.2) is 31.1 Å². The number of rotatable bonds is 9. The van der Waals surface area contributed by atoms with Gasteiger partial charge in [0.15, 0.2) is 0 Å². The van der Waals surface area contributed by atoms with Gasteiger partial charge in [-0.1, -0.05) is 41.5 Å². The smallest absolute Gasteiger partial charge is 0.319 e. The van der Waals surface area contributed by atoms with E-state index in [2.05, 4.69) is 0 Å². The van der Waals surface area contributed by atoms with E-state index in [9.17, 15) is 5.11 Å². The zero-order valence-electron chi connectivity index (χ0n) is 12.5. The third-order valence-electron chi connectivity index (χ3n) is 1.80. The summed E-state index contributed by atoms with van der Waals surface area (Å²) in [5.74, 6) is 0.936. The molecule has 0 aliphatic heterocycles. The Bertz CT molecular complexity index is 164. The van der Waals surface area contributed by atoms with Crippen molar-refractivity contribution in [1.29, 1.82) is 0 Å². The predicted octanol–water partition coefficient (Wildman–Crippen LogP) is 2.61.